The Kier molecular flexibility index (Phi) is 4.23. The van der Waals surface area contributed by atoms with Crippen molar-refractivity contribution in [3.63, 3.8) is 0 Å². The van der Waals surface area contributed by atoms with Crippen molar-refractivity contribution in [3.8, 4) is 0 Å². The van der Waals surface area contributed by atoms with E-state index in [4.69, 9.17) is 4.74 Å². The van der Waals surface area contributed by atoms with Crippen LogP contribution < -0.4 is 0 Å². The molecule has 2 aliphatic carbocycles. The Labute approximate surface area is 130 Å². The quantitative estimate of drug-likeness (QED) is 0.870. The van der Waals surface area contributed by atoms with E-state index in [0.717, 1.165) is 25.7 Å². The predicted molar refractivity (Wildman–Crippen MR) is 80.4 cm³/mol. The predicted octanol–water partition coefficient (Wildman–Crippen LogP) is 2.71. The molecule has 1 atom stereocenters. The van der Waals surface area contributed by atoms with E-state index in [1.807, 2.05) is 0 Å². The van der Waals surface area contributed by atoms with Crippen molar-refractivity contribution in [3.05, 3.63) is 29.8 Å². The van der Waals surface area contributed by atoms with Crippen molar-refractivity contribution in [1.82, 2.24) is 0 Å². The molecule has 5 nitrogen and oxygen atoms in total. The van der Waals surface area contributed by atoms with Crippen molar-refractivity contribution in [2.45, 2.75) is 60.9 Å². The highest BCUT2D eigenvalue weighted by molar-refractivity contribution is 7.92. The van der Waals surface area contributed by atoms with E-state index < -0.39 is 21.9 Å². The molecule has 2 aliphatic rings. The van der Waals surface area contributed by atoms with Crippen LogP contribution in [0, 0.1) is 0 Å². The molecule has 120 valence electrons. The average Bonchev–Trinajstić information content (AvgIpc) is 3.24. The fourth-order valence-electron chi connectivity index (χ4n) is 2.90. The minimum absolute atomic E-state index is 0.0176. The van der Waals surface area contributed by atoms with Gasteiger partial charge in [0, 0.05) is 0 Å². The van der Waals surface area contributed by atoms with Crippen LogP contribution in [0.4, 0.5) is 0 Å². The van der Waals surface area contributed by atoms with Gasteiger partial charge in [0.25, 0.3) is 0 Å². The Morgan fingerprint density at radius 2 is 1.68 bits per heavy atom. The zero-order chi connectivity index (χ0) is 15.7. The largest absolute Gasteiger partial charge is 0.479 e. The molecule has 0 radical (unpaired) electrons. The Bertz CT molecular complexity index is 640. The molecular weight excluding hydrogens is 304 g/mol. The standard InChI is InChI=1S/C16H20O5S/c17-16(18)15(21-12-3-1-2-4-12)11-5-7-13(8-6-11)22(19,20)14-9-10-14/h5-8,12,14-15H,1-4,9-10H2,(H,17,18). The SMILES string of the molecule is O=C(O)C(OC1CCCC1)c1ccc(S(=O)(=O)C2CC2)cc1. The number of benzene rings is 1. The first kappa shape index (κ1) is 15.5. The second-order valence-electron chi connectivity index (χ2n) is 6.07. The monoisotopic (exact) mass is 324 g/mol. The maximum Gasteiger partial charge on any atom is 0.337 e. The van der Waals surface area contributed by atoms with Crippen LogP contribution in [0.5, 0.6) is 0 Å². The third kappa shape index (κ3) is 3.17. The highest BCUT2D eigenvalue weighted by Crippen LogP contribution is 2.34. The average molecular weight is 324 g/mol. The Hall–Kier alpha value is -1.40. The molecule has 0 bridgehead atoms. The van der Waals surface area contributed by atoms with Crippen LogP contribution in [-0.2, 0) is 19.4 Å². The molecule has 2 saturated carbocycles. The van der Waals surface area contributed by atoms with Crippen molar-refractivity contribution >= 4 is 15.8 Å². The Morgan fingerprint density at radius 3 is 2.18 bits per heavy atom. The smallest absolute Gasteiger partial charge is 0.337 e. The van der Waals surface area contributed by atoms with Crippen LogP contribution in [0.3, 0.4) is 0 Å². The first-order valence-corrected chi connectivity index (χ1v) is 9.25. The summed E-state index contributed by atoms with van der Waals surface area (Å²) in [7, 11) is -3.24. The van der Waals surface area contributed by atoms with E-state index in [1.54, 1.807) is 12.1 Å². The zero-order valence-corrected chi connectivity index (χ0v) is 13.1. The summed E-state index contributed by atoms with van der Waals surface area (Å²) in [6, 6.07) is 6.11. The normalized spacial score (nSPS) is 20.9. The summed E-state index contributed by atoms with van der Waals surface area (Å²) in [4.78, 5) is 11.7. The highest BCUT2D eigenvalue weighted by Gasteiger charge is 2.37. The number of carbonyl (C=O) groups is 1. The number of sulfone groups is 1. The van der Waals surface area contributed by atoms with Gasteiger partial charge < -0.3 is 9.84 Å². The second-order valence-corrected chi connectivity index (χ2v) is 8.30. The van der Waals surface area contributed by atoms with Gasteiger partial charge in [0.05, 0.1) is 16.2 Å². The molecule has 0 heterocycles. The lowest BCUT2D eigenvalue weighted by atomic mass is 10.1. The maximum atomic E-state index is 12.1. The minimum Gasteiger partial charge on any atom is -0.479 e. The highest BCUT2D eigenvalue weighted by atomic mass is 32.2. The van der Waals surface area contributed by atoms with Crippen molar-refractivity contribution in [2.75, 3.05) is 0 Å². The topological polar surface area (TPSA) is 80.7 Å². The number of hydrogen-bond acceptors (Lipinski definition) is 4. The summed E-state index contributed by atoms with van der Waals surface area (Å²) in [6.07, 6.45) is 4.29. The van der Waals surface area contributed by atoms with Gasteiger partial charge in [-0.05, 0) is 43.4 Å². The van der Waals surface area contributed by atoms with E-state index in [2.05, 4.69) is 0 Å². The van der Waals surface area contributed by atoms with E-state index in [-0.39, 0.29) is 16.2 Å². The molecule has 1 unspecified atom stereocenters. The number of carboxylic acid groups (broad SMARTS) is 1. The number of rotatable bonds is 6. The maximum absolute atomic E-state index is 12.1. The van der Waals surface area contributed by atoms with Crippen LogP contribution in [0.1, 0.15) is 50.2 Å². The number of hydrogen-bond donors (Lipinski definition) is 1. The van der Waals surface area contributed by atoms with Gasteiger partial charge in [-0.1, -0.05) is 25.0 Å². The van der Waals surface area contributed by atoms with E-state index in [9.17, 15) is 18.3 Å². The second kappa shape index (κ2) is 6.01. The Balaban J connectivity index is 1.78. The van der Waals surface area contributed by atoms with Gasteiger partial charge >= 0.3 is 5.97 Å². The number of aliphatic carboxylic acids is 1. The third-order valence-corrected chi connectivity index (χ3v) is 6.61. The van der Waals surface area contributed by atoms with Gasteiger partial charge in [-0.15, -0.1) is 0 Å². The van der Waals surface area contributed by atoms with E-state index in [0.29, 0.717) is 18.4 Å². The molecule has 0 amide bonds. The summed E-state index contributed by atoms with van der Waals surface area (Å²) < 4.78 is 30.0. The molecule has 3 rings (SSSR count). The molecule has 0 aromatic heterocycles. The van der Waals surface area contributed by atoms with Gasteiger partial charge in [0.2, 0.25) is 0 Å². The molecule has 0 saturated heterocycles. The van der Waals surface area contributed by atoms with Gasteiger partial charge in [0.1, 0.15) is 0 Å². The van der Waals surface area contributed by atoms with Crippen molar-refractivity contribution < 1.29 is 23.1 Å². The van der Waals surface area contributed by atoms with E-state index >= 15 is 0 Å². The summed E-state index contributed by atoms with van der Waals surface area (Å²) in [5.41, 5.74) is 0.495. The molecule has 1 aromatic rings. The van der Waals surface area contributed by atoms with Crippen LogP contribution in [0.25, 0.3) is 0 Å². The van der Waals surface area contributed by atoms with E-state index in [1.165, 1.54) is 12.1 Å². The molecule has 0 spiro atoms. The first-order chi connectivity index (χ1) is 10.5. The molecular formula is C16H20O5S. The van der Waals surface area contributed by atoms with Crippen molar-refractivity contribution in [2.24, 2.45) is 0 Å². The van der Waals surface area contributed by atoms with Crippen molar-refractivity contribution in [1.29, 1.82) is 0 Å². The number of carboxylic acids is 1. The fraction of sp³-hybridized carbons (Fsp3) is 0.562. The summed E-state index contributed by atoms with van der Waals surface area (Å²) in [6.45, 7) is 0. The lowest BCUT2D eigenvalue weighted by Gasteiger charge is -2.19. The minimum atomic E-state index is -3.24. The Morgan fingerprint density at radius 1 is 1.09 bits per heavy atom. The van der Waals surface area contributed by atoms with Crippen LogP contribution in [-0.4, -0.2) is 30.8 Å². The van der Waals surface area contributed by atoms with Crippen LogP contribution in [0.2, 0.25) is 0 Å². The summed E-state index contributed by atoms with van der Waals surface area (Å²) >= 11 is 0. The summed E-state index contributed by atoms with van der Waals surface area (Å²) in [5.74, 6) is -1.04. The first-order valence-electron chi connectivity index (χ1n) is 7.70. The molecule has 6 heteroatoms. The van der Waals surface area contributed by atoms with Gasteiger partial charge in [0.15, 0.2) is 15.9 Å². The summed E-state index contributed by atoms with van der Waals surface area (Å²) in [5, 5.41) is 9.11. The van der Waals surface area contributed by atoms with Gasteiger partial charge in [-0.25, -0.2) is 13.2 Å². The van der Waals surface area contributed by atoms with Gasteiger partial charge in [-0.2, -0.15) is 0 Å². The van der Waals surface area contributed by atoms with Gasteiger partial charge in [-0.3, -0.25) is 0 Å². The fourth-order valence-corrected chi connectivity index (χ4v) is 4.56. The number of ether oxygens (including phenoxy) is 1. The van der Waals surface area contributed by atoms with Crippen LogP contribution in [0.15, 0.2) is 29.2 Å². The lowest BCUT2D eigenvalue weighted by molar-refractivity contribution is -0.154. The molecule has 1 aromatic carbocycles. The lowest BCUT2D eigenvalue weighted by Crippen LogP contribution is -2.21. The van der Waals surface area contributed by atoms with Crippen LogP contribution >= 0.6 is 0 Å². The molecule has 22 heavy (non-hydrogen) atoms. The molecule has 0 aliphatic heterocycles. The molecule has 1 N–H and O–H groups in total. The zero-order valence-electron chi connectivity index (χ0n) is 12.3. The molecule has 2 fully saturated rings. The third-order valence-electron chi connectivity index (χ3n) is 4.33.